The molecule has 39 heavy (non-hydrogen) atoms. The second kappa shape index (κ2) is 8.96. The molecule has 9 nitrogen and oxygen atoms in total. The third-order valence-electron chi connectivity index (χ3n) is 9.95. The highest BCUT2D eigenvalue weighted by molar-refractivity contribution is 5.89. The first-order chi connectivity index (χ1) is 18.4. The van der Waals surface area contributed by atoms with Crippen molar-refractivity contribution in [3.63, 3.8) is 0 Å². The molecule has 1 aliphatic heterocycles. The van der Waals surface area contributed by atoms with E-state index in [0.29, 0.717) is 0 Å². The zero-order valence-electron chi connectivity index (χ0n) is 24.4. The predicted octanol–water partition coefficient (Wildman–Crippen LogP) is 5.29. The molecule has 1 unspecified atom stereocenters. The van der Waals surface area contributed by atoms with Gasteiger partial charge in [-0.3, -0.25) is 4.68 Å². The number of amides is 1. The molecule has 0 aromatic carbocycles. The number of ether oxygens (including phenoxy) is 1. The van der Waals surface area contributed by atoms with Crippen molar-refractivity contribution in [1.82, 2.24) is 24.5 Å². The van der Waals surface area contributed by atoms with Crippen LogP contribution in [0.3, 0.4) is 0 Å². The quantitative estimate of drug-likeness (QED) is 0.478. The summed E-state index contributed by atoms with van der Waals surface area (Å²) in [6.45, 7) is 16.7. The molecule has 1 amide bonds. The van der Waals surface area contributed by atoms with Crippen molar-refractivity contribution in [2.45, 2.75) is 105 Å². The minimum absolute atomic E-state index is 0.0289. The van der Waals surface area contributed by atoms with Gasteiger partial charge in [0.05, 0.1) is 23.0 Å². The summed E-state index contributed by atoms with van der Waals surface area (Å²) in [5.41, 5.74) is 12.4. The van der Waals surface area contributed by atoms with Gasteiger partial charge in [-0.15, -0.1) is 0 Å². The molecular formula is C30H43N7O2. The van der Waals surface area contributed by atoms with Crippen molar-refractivity contribution in [2.75, 3.05) is 11.4 Å². The van der Waals surface area contributed by atoms with E-state index in [1.54, 1.807) is 0 Å². The lowest BCUT2D eigenvalue weighted by molar-refractivity contribution is -0.172. The molecule has 3 aromatic heterocycles. The van der Waals surface area contributed by atoms with Crippen molar-refractivity contribution in [2.24, 2.45) is 22.5 Å². The normalized spacial score (nSPS) is 26.7. The Morgan fingerprint density at radius 2 is 1.92 bits per heavy atom. The van der Waals surface area contributed by atoms with E-state index in [2.05, 4.69) is 62.3 Å². The Hall–Kier alpha value is -3.10. The van der Waals surface area contributed by atoms with Gasteiger partial charge in [0.15, 0.2) is 5.65 Å². The molecular weight excluding hydrogens is 490 g/mol. The fourth-order valence-corrected chi connectivity index (χ4v) is 8.03. The van der Waals surface area contributed by atoms with E-state index in [0.717, 1.165) is 87.1 Å². The Morgan fingerprint density at radius 3 is 2.59 bits per heavy atom. The lowest BCUT2D eigenvalue weighted by atomic mass is 9.49. The maximum atomic E-state index is 11.9. The average Bonchev–Trinajstić information content (AvgIpc) is 3.43. The number of hydrogen-bond acceptors (Lipinski definition) is 6. The largest absolute Gasteiger partial charge is 0.443 e. The Labute approximate surface area is 231 Å². The number of carbonyl (C=O) groups excluding carboxylic acids is 1. The van der Waals surface area contributed by atoms with Crippen molar-refractivity contribution >= 4 is 22.8 Å². The smallest absolute Gasteiger partial charge is 0.405 e. The van der Waals surface area contributed by atoms with Crippen LogP contribution < -0.4 is 10.6 Å². The summed E-state index contributed by atoms with van der Waals surface area (Å²) >= 11 is 0. The molecule has 4 aliphatic rings. The first-order valence-corrected chi connectivity index (χ1v) is 14.6. The van der Waals surface area contributed by atoms with Gasteiger partial charge in [0.2, 0.25) is 0 Å². The van der Waals surface area contributed by atoms with Crippen LogP contribution in [0.15, 0.2) is 12.3 Å². The van der Waals surface area contributed by atoms with Crippen LogP contribution in [0.2, 0.25) is 0 Å². The summed E-state index contributed by atoms with van der Waals surface area (Å²) < 4.78 is 10.2. The zero-order chi connectivity index (χ0) is 27.7. The molecule has 4 heterocycles. The van der Waals surface area contributed by atoms with Crippen LogP contribution in [0, 0.1) is 30.6 Å². The Balaban J connectivity index is 1.27. The van der Waals surface area contributed by atoms with Crippen LogP contribution in [0.5, 0.6) is 0 Å². The highest BCUT2D eigenvalue weighted by Gasteiger charge is 2.59. The molecule has 0 spiro atoms. The van der Waals surface area contributed by atoms with E-state index in [1.807, 2.05) is 10.9 Å². The molecule has 3 aliphatic carbocycles. The monoisotopic (exact) mass is 533 g/mol. The van der Waals surface area contributed by atoms with E-state index in [1.165, 1.54) is 16.9 Å². The highest BCUT2D eigenvalue weighted by Crippen LogP contribution is 2.61. The number of nitrogens with zero attached hydrogens (tertiary/aromatic N) is 6. The molecule has 1 atom stereocenters. The van der Waals surface area contributed by atoms with Crippen molar-refractivity contribution in [3.05, 3.63) is 34.9 Å². The van der Waals surface area contributed by atoms with E-state index >= 15 is 0 Å². The summed E-state index contributed by atoms with van der Waals surface area (Å²) in [5, 5.41) is 10.8. The molecule has 3 fully saturated rings. The first kappa shape index (κ1) is 26.1. The number of anilines is 1. The number of aryl methyl sites for hydroxylation is 3. The molecule has 2 N–H and O–H groups in total. The summed E-state index contributed by atoms with van der Waals surface area (Å²) in [5.74, 6) is 0.282. The molecule has 3 saturated carbocycles. The van der Waals surface area contributed by atoms with Gasteiger partial charge < -0.3 is 15.4 Å². The van der Waals surface area contributed by atoms with Gasteiger partial charge in [0, 0.05) is 55.5 Å². The molecule has 7 rings (SSSR count). The van der Waals surface area contributed by atoms with Gasteiger partial charge in [0.25, 0.3) is 0 Å². The lowest BCUT2D eigenvalue weighted by Crippen LogP contribution is -2.59. The molecule has 3 aromatic rings. The zero-order valence-corrected chi connectivity index (χ0v) is 24.4. The van der Waals surface area contributed by atoms with Gasteiger partial charge >= 0.3 is 6.09 Å². The minimum Gasteiger partial charge on any atom is -0.443 e. The van der Waals surface area contributed by atoms with E-state index in [4.69, 9.17) is 20.6 Å². The van der Waals surface area contributed by atoms with Crippen LogP contribution >= 0.6 is 0 Å². The number of primary amides is 1. The number of carbonyl (C=O) groups is 1. The van der Waals surface area contributed by atoms with Crippen LogP contribution in [0.25, 0.3) is 11.0 Å². The van der Waals surface area contributed by atoms with Crippen molar-refractivity contribution in [3.8, 4) is 0 Å². The second-order valence-electron chi connectivity index (χ2n) is 13.4. The number of rotatable bonds is 5. The van der Waals surface area contributed by atoms with Gasteiger partial charge in [-0.25, -0.2) is 14.5 Å². The van der Waals surface area contributed by atoms with Crippen LogP contribution in [-0.4, -0.2) is 42.8 Å². The summed E-state index contributed by atoms with van der Waals surface area (Å²) in [6.07, 6.45) is 7.20. The van der Waals surface area contributed by atoms with E-state index < -0.39 is 11.7 Å². The summed E-state index contributed by atoms with van der Waals surface area (Å²) in [7, 11) is 0. The maximum Gasteiger partial charge on any atom is 0.405 e. The molecule has 0 radical (unpaired) electrons. The van der Waals surface area contributed by atoms with E-state index in [-0.39, 0.29) is 16.7 Å². The standard InChI is InChI=1S/C30H43N7O2/c1-7-36-26-21(16-32-36)24(14-19(2)33-26)35-13-8-23-22(17-35)20(3)34-37(23)18-29-9-11-30(12-10-29,39-27(31)38)25(15-29)28(4,5)6/h14,16,25H,7-13,15,17-18H2,1-6H3,(H2,31,38). The van der Waals surface area contributed by atoms with Crippen LogP contribution in [0.1, 0.15) is 82.4 Å². The Bertz CT molecular complexity index is 1420. The fourth-order valence-electron chi connectivity index (χ4n) is 8.03. The lowest BCUT2D eigenvalue weighted by Gasteiger charge is -2.60. The third kappa shape index (κ3) is 4.28. The van der Waals surface area contributed by atoms with E-state index in [9.17, 15) is 4.79 Å². The van der Waals surface area contributed by atoms with Crippen LogP contribution in [0.4, 0.5) is 10.5 Å². The number of nitrogens with two attached hydrogens (primary N) is 1. The number of pyridine rings is 1. The van der Waals surface area contributed by atoms with Crippen molar-refractivity contribution < 1.29 is 9.53 Å². The Morgan fingerprint density at radius 1 is 1.18 bits per heavy atom. The first-order valence-electron chi connectivity index (χ1n) is 14.6. The highest BCUT2D eigenvalue weighted by atomic mass is 16.6. The topological polar surface area (TPSA) is 104 Å². The second-order valence-corrected chi connectivity index (χ2v) is 13.4. The SMILES string of the molecule is CCn1ncc2c(N3CCc4c(c(C)nn4CC45CCC(OC(N)=O)(CC4)C(C(C)(C)C)C5)C3)cc(C)nc21. The summed E-state index contributed by atoms with van der Waals surface area (Å²) in [6, 6.07) is 2.20. The average molecular weight is 534 g/mol. The predicted molar refractivity (Wildman–Crippen MR) is 152 cm³/mol. The molecule has 9 heteroatoms. The van der Waals surface area contributed by atoms with Gasteiger partial charge in [-0.1, -0.05) is 20.8 Å². The molecule has 2 bridgehead atoms. The van der Waals surface area contributed by atoms with Gasteiger partial charge in [-0.05, 0) is 69.8 Å². The van der Waals surface area contributed by atoms with Crippen LogP contribution in [-0.2, 0) is 30.8 Å². The van der Waals surface area contributed by atoms with Crippen molar-refractivity contribution in [1.29, 1.82) is 0 Å². The molecule has 210 valence electrons. The van der Waals surface area contributed by atoms with Gasteiger partial charge in [0.1, 0.15) is 5.60 Å². The number of fused-ring (bicyclic) bond motifs is 5. The Kier molecular flexibility index (Phi) is 6.01. The van der Waals surface area contributed by atoms with Gasteiger partial charge in [-0.2, -0.15) is 10.2 Å². The number of aromatic nitrogens is 5. The third-order valence-corrected chi connectivity index (χ3v) is 9.95. The molecule has 0 saturated heterocycles. The number of hydrogen-bond donors (Lipinski definition) is 1. The minimum atomic E-state index is -0.635. The maximum absolute atomic E-state index is 11.9. The summed E-state index contributed by atoms with van der Waals surface area (Å²) in [4.78, 5) is 19.1. The fraction of sp³-hybridized carbons (Fsp3) is 0.667.